The highest BCUT2D eigenvalue weighted by molar-refractivity contribution is 5.94. The number of hydrogen-bond acceptors (Lipinski definition) is 6. The summed E-state index contributed by atoms with van der Waals surface area (Å²) in [5.74, 6) is 1.36. The van der Waals surface area contributed by atoms with Gasteiger partial charge in [-0.1, -0.05) is 24.6 Å². The number of H-pyrrole nitrogens is 1. The van der Waals surface area contributed by atoms with Crippen LogP contribution in [0.3, 0.4) is 0 Å². The molecule has 2 atom stereocenters. The zero-order valence-electron chi connectivity index (χ0n) is 21.5. The molecule has 1 saturated carbocycles. The molecule has 0 radical (unpaired) electrons. The third-order valence-electron chi connectivity index (χ3n) is 8.07. The molecule has 0 bridgehead atoms. The average molecular weight is 526 g/mol. The van der Waals surface area contributed by atoms with E-state index < -0.39 is 23.5 Å². The van der Waals surface area contributed by atoms with E-state index in [4.69, 9.17) is 0 Å². The van der Waals surface area contributed by atoms with Crippen LogP contribution in [0.25, 0.3) is 22.2 Å². The summed E-state index contributed by atoms with van der Waals surface area (Å²) in [5, 5.41) is 26.5. The van der Waals surface area contributed by atoms with Crippen LogP contribution in [0.5, 0.6) is 0 Å². The van der Waals surface area contributed by atoms with Crippen LogP contribution in [0, 0.1) is 5.92 Å². The number of pyridine rings is 1. The first kappa shape index (κ1) is 25.0. The molecule has 2 N–H and O–H groups in total. The Kier molecular flexibility index (Phi) is 5.84. The second-order valence-corrected chi connectivity index (χ2v) is 11.1. The van der Waals surface area contributed by atoms with Crippen molar-refractivity contribution in [2.45, 2.75) is 56.8 Å². The van der Waals surface area contributed by atoms with Gasteiger partial charge in [-0.15, -0.1) is 10.2 Å². The number of aromatic amines is 1. The zero-order chi connectivity index (χ0) is 26.8. The Hall–Kier alpha value is -3.31. The van der Waals surface area contributed by atoms with Crippen LogP contribution in [-0.2, 0) is 13.2 Å². The van der Waals surface area contributed by atoms with Crippen LogP contribution in [0.15, 0.2) is 36.7 Å². The number of benzene rings is 1. The third-order valence-corrected chi connectivity index (χ3v) is 8.07. The smallest absolute Gasteiger partial charge is 0.388 e. The molecule has 1 aromatic carbocycles. The van der Waals surface area contributed by atoms with Gasteiger partial charge in [-0.05, 0) is 50.3 Å². The normalized spacial score (nSPS) is 19.8. The molecule has 200 valence electrons. The first-order valence-electron chi connectivity index (χ1n) is 12.9. The number of alkyl halides is 3. The summed E-state index contributed by atoms with van der Waals surface area (Å²) in [4.78, 5) is 5.93. The molecule has 3 aromatic heterocycles. The van der Waals surface area contributed by atoms with Crippen LogP contribution in [0.2, 0.25) is 0 Å². The molecule has 2 fully saturated rings. The molecule has 1 saturated heterocycles. The molecule has 4 heterocycles. The Morgan fingerprint density at radius 2 is 1.95 bits per heavy atom. The largest absolute Gasteiger partial charge is 0.433 e. The summed E-state index contributed by atoms with van der Waals surface area (Å²) in [6, 6.07) is 8.49. The van der Waals surface area contributed by atoms with Crippen LogP contribution in [0.1, 0.15) is 67.8 Å². The zero-order valence-corrected chi connectivity index (χ0v) is 21.5. The molecule has 8 nitrogen and oxygen atoms in total. The molecule has 1 aliphatic heterocycles. The minimum Gasteiger partial charge on any atom is -0.388 e. The number of nitrogens with zero attached hydrogens (tertiary/aromatic N) is 6. The van der Waals surface area contributed by atoms with Crippen molar-refractivity contribution in [3.05, 3.63) is 59.4 Å². The predicted octanol–water partition coefficient (Wildman–Crippen LogP) is 4.83. The Balaban J connectivity index is 1.45. The highest BCUT2D eigenvalue weighted by Gasteiger charge is 2.42. The quantitative estimate of drug-likeness (QED) is 0.374. The summed E-state index contributed by atoms with van der Waals surface area (Å²) >= 11 is 0. The molecule has 0 unspecified atom stereocenters. The first-order valence-corrected chi connectivity index (χ1v) is 12.9. The number of nitrogens with one attached hydrogen (secondary N) is 1. The maximum atomic E-state index is 14.0. The number of aryl methyl sites for hydroxylation is 1. The van der Waals surface area contributed by atoms with E-state index in [1.807, 2.05) is 47.7 Å². The van der Waals surface area contributed by atoms with Crippen molar-refractivity contribution >= 4 is 10.9 Å². The number of halogens is 3. The molecule has 38 heavy (non-hydrogen) atoms. The predicted molar refractivity (Wildman–Crippen MR) is 135 cm³/mol. The number of rotatable bonds is 6. The fourth-order valence-electron chi connectivity index (χ4n) is 5.84. The lowest BCUT2D eigenvalue weighted by Gasteiger charge is -2.47. The Morgan fingerprint density at radius 1 is 1.18 bits per heavy atom. The summed E-state index contributed by atoms with van der Waals surface area (Å²) < 4.78 is 43.8. The van der Waals surface area contributed by atoms with Crippen LogP contribution < -0.4 is 0 Å². The van der Waals surface area contributed by atoms with E-state index in [-0.39, 0.29) is 11.6 Å². The van der Waals surface area contributed by atoms with Crippen LogP contribution in [-0.4, -0.2) is 58.6 Å². The highest BCUT2D eigenvalue weighted by atomic mass is 19.4. The van der Waals surface area contributed by atoms with Gasteiger partial charge in [-0.25, -0.2) is 4.98 Å². The number of aromatic nitrogens is 6. The molecule has 11 heteroatoms. The standard InChI is InChI=1S/C27H30F3N7O/c1-15(37-12-26(2,38)13-37)22-24-19(11-20(32-22)27(28,29)30)23(33-34-24)18-9-5-8-17(10-18)21(16-6-4-7-16)25-35-31-14-36(25)3/h5,8-11,14-16,21,38H,4,6-7,12-13H2,1-3H3,(H,33,34)/t15-,21+/m0/s1. The molecule has 0 spiro atoms. The van der Waals surface area contributed by atoms with Crippen molar-refractivity contribution < 1.29 is 18.3 Å². The minimum atomic E-state index is -4.61. The van der Waals surface area contributed by atoms with E-state index in [1.54, 1.807) is 13.3 Å². The van der Waals surface area contributed by atoms with Gasteiger partial charge in [-0.2, -0.15) is 18.3 Å². The Labute approximate surface area is 217 Å². The molecular weight excluding hydrogens is 495 g/mol. The molecule has 4 aromatic rings. The highest BCUT2D eigenvalue weighted by Crippen LogP contribution is 2.44. The number of fused-ring (bicyclic) bond motifs is 1. The lowest BCUT2D eigenvalue weighted by atomic mass is 9.72. The van der Waals surface area contributed by atoms with Gasteiger partial charge >= 0.3 is 6.18 Å². The van der Waals surface area contributed by atoms with Crippen molar-refractivity contribution in [2.75, 3.05) is 13.1 Å². The van der Waals surface area contributed by atoms with Gasteiger partial charge in [0.25, 0.3) is 0 Å². The number of hydrogen-bond donors (Lipinski definition) is 2. The summed E-state index contributed by atoms with van der Waals surface area (Å²) in [7, 11) is 1.93. The van der Waals surface area contributed by atoms with E-state index in [1.165, 1.54) is 6.42 Å². The van der Waals surface area contributed by atoms with Crippen molar-refractivity contribution in [1.82, 2.24) is 34.8 Å². The van der Waals surface area contributed by atoms with Crippen molar-refractivity contribution in [3.63, 3.8) is 0 Å². The fraction of sp³-hybridized carbons (Fsp3) is 0.481. The van der Waals surface area contributed by atoms with E-state index in [9.17, 15) is 18.3 Å². The van der Waals surface area contributed by atoms with E-state index >= 15 is 0 Å². The number of β-amino-alcohol motifs (C(OH)–C–C–N with tert-alkyl or cyclic N) is 1. The van der Waals surface area contributed by atoms with Crippen molar-refractivity contribution in [1.29, 1.82) is 0 Å². The Bertz CT molecular complexity index is 1480. The van der Waals surface area contributed by atoms with Gasteiger partial charge < -0.3 is 9.67 Å². The van der Waals surface area contributed by atoms with Gasteiger partial charge in [0.1, 0.15) is 23.5 Å². The van der Waals surface area contributed by atoms with Gasteiger partial charge in [0.2, 0.25) is 0 Å². The van der Waals surface area contributed by atoms with Crippen LogP contribution in [0.4, 0.5) is 13.2 Å². The number of likely N-dealkylation sites (tertiary alicyclic amines) is 1. The van der Waals surface area contributed by atoms with Crippen LogP contribution >= 0.6 is 0 Å². The minimum absolute atomic E-state index is 0.0450. The van der Waals surface area contributed by atoms with E-state index in [2.05, 4.69) is 25.4 Å². The molecule has 2 aliphatic rings. The summed E-state index contributed by atoms with van der Waals surface area (Å²) in [6.45, 7) is 4.25. The lowest BCUT2D eigenvalue weighted by Crippen LogP contribution is -2.60. The Morgan fingerprint density at radius 3 is 2.55 bits per heavy atom. The summed E-state index contributed by atoms with van der Waals surface area (Å²) in [5.41, 5.74) is 1.15. The van der Waals surface area contributed by atoms with Crippen molar-refractivity contribution in [3.8, 4) is 11.3 Å². The van der Waals surface area contributed by atoms with E-state index in [0.717, 1.165) is 35.9 Å². The molecule has 6 rings (SSSR count). The maximum Gasteiger partial charge on any atom is 0.433 e. The summed E-state index contributed by atoms with van der Waals surface area (Å²) in [6.07, 6.45) is 0.442. The van der Waals surface area contributed by atoms with Gasteiger partial charge in [0.05, 0.1) is 22.9 Å². The van der Waals surface area contributed by atoms with Gasteiger partial charge in [0, 0.05) is 37.0 Å². The molecular formula is C27H30F3N7O. The molecule has 1 aliphatic carbocycles. The fourth-order valence-corrected chi connectivity index (χ4v) is 5.84. The third kappa shape index (κ3) is 4.27. The second-order valence-electron chi connectivity index (χ2n) is 11.1. The topological polar surface area (TPSA) is 95.8 Å². The van der Waals surface area contributed by atoms with Gasteiger partial charge in [-0.3, -0.25) is 10.00 Å². The monoisotopic (exact) mass is 525 g/mol. The van der Waals surface area contributed by atoms with E-state index in [0.29, 0.717) is 35.6 Å². The maximum absolute atomic E-state index is 14.0. The SMILES string of the molecule is C[C@@H](c1nc(C(F)(F)F)cc2c(-c3cccc([C@H](c4nncn4C)C4CCC4)c3)n[nH]c12)N1CC(C)(O)C1. The second kappa shape index (κ2) is 8.88. The number of aliphatic hydroxyl groups is 1. The molecule has 0 amide bonds. The first-order chi connectivity index (χ1) is 18.0. The van der Waals surface area contributed by atoms with Crippen molar-refractivity contribution in [2.24, 2.45) is 13.0 Å². The average Bonchev–Trinajstić information content (AvgIpc) is 3.44. The van der Waals surface area contributed by atoms with Gasteiger partial charge in [0.15, 0.2) is 0 Å². The lowest BCUT2D eigenvalue weighted by molar-refractivity contribution is -0.141.